The molecule has 1 amide bonds. The van der Waals surface area contributed by atoms with E-state index < -0.39 is 10.0 Å². The van der Waals surface area contributed by atoms with Crippen LogP contribution in [0.5, 0.6) is 5.75 Å². The summed E-state index contributed by atoms with van der Waals surface area (Å²) in [5, 5.41) is 21.2. The fraction of sp³-hybridized carbons (Fsp3) is 0.130. The molecule has 180 valence electrons. The molecule has 0 fully saturated rings. The van der Waals surface area contributed by atoms with Gasteiger partial charge in [0.2, 0.25) is 5.91 Å². The summed E-state index contributed by atoms with van der Waals surface area (Å²) >= 11 is 5.81. The summed E-state index contributed by atoms with van der Waals surface area (Å²) in [6, 6.07) is 15.6. The summed E-state index contributed by atoms with van der Waals surface area (Å²) in [6.45, 7) is 1.97. The Hall–Kier alpha value is -3.27. The van der Waals surface area contributed by atoms with Crippen molar-refractivity contribution < 1.29 is 18.3 Å². The largest absolute Gasteiger partial charge is 0.505 e. The van der Waals surface area contributed by atoms with Gasteiger partial charge >= 0.3 is 0 Å². The van der Waals surface area contributed by atoms with E-state index in [0.29, 0.717) is 21.7 Å². The molecule has 0 heterocycles. The van der Waals surface area contributed by atoms with Gasteiger partial charge in [0, 0.05) is 22.7 Å². The van der Waals surface area contributed by atoms with Gasteiger partial charge in [0.1, 0.15) is 11.6 Å². The number of aromatic hydroxyl groups is 1. The molecule has 0 bridgehead atoms. The molecule has 3 rings (SSSR count). The first-order valence-corrected chi connectivity index (χ1v) is 11.7. The number of phenols is 1. The first-order chi connectivity index (χ1) is 15.6. The van der Waals surface area contributed by atoms with Gasteiger partial charge < -0.3 is 16.2 Å². The van der Waals surface area contributed by atoms with E-state index in [2.05, 4.69) is 10.0 Å². The second-order valence-electron chi connectivity index (χ2n) is 7.38. The minimum absolute atomic E-state index is 0. The van der Waals surface area contributed by atoms with Gasteiger partial charge in [-0.05, 0) is 48.4 Å². The third-order valence-electron chi connectivity index (χ3n) is 4.98. The van der Waals surface area contributed by atoms with E-state index >= 15 is 0 Å². The van der Waals surface area contributed by atoms with Crippen molar-refractivity contribution >= 4 is 51.5 Å². The van der Waals surface area contributed by atoms with Crippen LogP contribution in [0.4, 0.5) is 5.69 Å². The van der Waals surface area contributed by atoms with E-state index in [4.69, 9.17) is 22.7 Å². The zero-order valence-electron chi connectivity index (χ0n) is 18.1. The third-order valence-corrected chi connectivity index (χ3v) is 6.61. The van der Waals surface area contributed by atoms with Crippen LogP contribution in [0.2, 0.25) is 5.02 Å². The minimum Gasteiger partial charge on any atom is -0.505 e. The second kappa shape index (κ2) is 11.2. The number of nitrogen functional groups attached to an aromatic ring is 1. The minimum atomic E-state index is -3.96. The normalized spacial score (nSPS) is 10.8. The Labute approximate surface area is 209 Å². The number of amides is 1. The lowest BCUT2D eigenvalue weighted by atomic mass is 10.0. The van der Waals surface area contributed by atoms with E-state index in [9.17, 15) is 18.3 Å². The monoisotopic (exact) mass is 522 g/mol. The standard InChI is InChI=1S/C23H23ClN4O4S.ClH/c1-14-2-11-20(28-33(31,32)18-9-7-17(24)8-10-18)22(30)19(14)12-21(29)27-13-15-3-5-16(6-4-15)23(25)26;/h2-11,28,30H,12-13H2,1H3,(H3,25,26)(H,27,29);1H. The number of carbonyl (C=O) groups is 1. The lowest BCUT2D eigenvalue weighted by Crippen LogP contribution is -2.25. The highest BCUT2D eigenvalue weighted by molar-refractivity contribution is 7.92. The van der Waals surface area contributed by atoms with Crippen LogP contribution in [0.25, 0.3) is 0 Å². The van der Waals surface area contributed by atoms with Crippen molar-refractivity contribution in [3.63, 3.8) is 0 Å². The summed E-state index contributed by atoms with van der Waals surface area (Å²) in [6.07, 6.45) is -0.139. The zero-order chi connectivity index (χ0) is 24.2. The van der Waals surface area contributed by atoms with Crippen LogP contribution in [0.3, 0.4) is 0 Å². The topological polar surface area (TPSA) is 145 Å². The average Bonchev–Trinajstić information content (AvgIpc) is 2.77. The van der Waals surface area contributed by atoms with Gasteiger partial charge in [-0.1, -0.05) is 41.9 Å². The summed E-state index contributed by atoms with van der Waals surface area (Å²) < 4.78 is 27.6. The summed E-state index contributed by atoms with van der Waals surface area (Å²) in [5.74, 6) is -0.696. The van der Waals surface area contributed by atoms with Crippen LogP contribution >= 0.6 is 24.0 Å². The molecule has 0 saturated carbocycles. The van der Waals surface area contributed by atoms with Gasteiger partial charge in [-0.15, -0.1) is 12.4 Å². The fourth-order valence-corrected chi connectivity index (χ4v) is 4.28. The lowest BCUT2D eigenvalue weighted by molar-refractivity contribution is -0.120. The van der Waals surface area contributed by atoms with Crippen molar-refractivity contribution in [2.24, 2.45) is 5.73 Å². The first kappa shape index (κ1) is 27.0. The number of nitrogens with one attached hydrogen (secondary N) is 3. The van der Waals surface area contributed by atoms with E-state index in [1.165, 1.54) is 30.3 Å². The molecule has 3 aromatic carbocycles. The number of carbonyl (C=O) groups excluding carboxylic acids is 1. The van der Waals surface area contributed by atoms with Crippen LogP contribution in [-0.2, 0) is 27.8 Å². The third kappa shape index (κ3) is 6.63. The molecule has 11 heteroatoms. The van der Waals surface area contributed by atoms with Crippen LogP contribution in [0.15, 0.2) is 65.6 Å². The van der Waals surface area contributed by atoms with Gasteiger partial charge in [0.05, 0.1) is 17.0 Å². The van der Waals surface area contributed by atoms with E-state index in [1.807, 2.05) is 0 Å². The average molecular weight is 523 g/mol. The Morgan fingerprint density at radius 1 is 1.06 bits per heavy atom. The Morgan fingerprint density at radius 2 is 1.68 bits per heavy atom. The maximum absolute atomic E-state index is 12.6. The highest BCUT2D eigenvalue weighted by atomic mass is 35.5. The van der Waals surface area contributed by atoms with Crippen molar-refractivity contribution in [1.29, 1.82) is 5.41 Å². The summed E-state index contributed by atoms with van der Waals surface area (Å²) in [7, 11) is -3.96. The highest BCUT2D eigenvalue weighted by Gasteiger charge is 2.19. The number of anilines is 1. The van der Waals surface area contributed by atoms with Crippen molar-refractivity contribution in [3.8, 4) is 5.75 Å². The number of amidine groups is 1. The smallest absolute Gasteiger partial charge is 0.262 e. The van der Waals surface area contributed by atoms with E-state index in [0.717, 1.165) is 5.56 Å². The molecule has 0 aromatic heterocycles. The van der Waals surface area contributed by atoms with Crippen LogP contribution in [0.1, 0.15) is 22.3 Å². The van der Waals surface area contributed by atoms with Gasteiger partial charge in [-0.3, -0.25) is 14.9 Å². The Balaban J connectivity index is 0.00000408. The Morgan fingerprint density at radius 3 is 2.26 bits per heavy atom. The van der Waals surface area contributed by atoms with Crippen molar-refractivity contribution in [2.75, 3.05) is 4.72 Å². The SMILES string of the molecule is Cc1ccc(NS(=O)(=O)c2ccc(Cl)cc2)c(O)c1CC(=O)NCc1ccc(C(=N)N)cc1.Cl. The van der Waals surface area contributed by atoms with Gasteiger partial charge in [-0.2, -0.15) is 0 Å². The number of hydrogen-bond acceptors (Lipinski definition) is 5. The molecule has 0 aliphatic carbocycles. The molecular weight excluding hydrogens is 499 g/mol. The summed E-state index contributed by atoms with van der Waals surface area (Å²) in [5.41, 5.74) is 7.76. The zero-order valence-corrected chi connectivity index (χ0v) is 20.5. The van der Waals surface area contributed by atoms with Gasteiger partial charge in [-0.25, -0.2) is 8.42 Å². The van der Waals surface area contributed by atoms with Gasteiger partial charge in [0.25, 0.3) is 10.0 Å². The van der Waals surface area contributed by atoms with Crippen LogP contribution in [0, 0.1) is 12.3 Å². The number of rotatable bonds is 8. The second-order valence-corrected chi connectivity index (χ2v) is 9.50. The number of phenolic OH excluding ortho intramolecular Hbond substituents is 1. The molecule has 0 unspecified atom stereocenters. The molecule has 8 nitrogen and oxygen atoms in total. The molecular formula is C23H24Cl2N4O4S. The molecule has 0 aliphatic rings. The number of aryl methyl sites for hydroxylation is 1. The predicted molar refractivity (Wildman–Crippen MR) is 135 cm³/mol. The van der Waals surface area contributed by atoms with Crippen molar-refractivity contribution in [2.45, 2.75) is 24.8 Å². The van der Waals surface area contributed by atoms with Crippen molar-refractivity contribution in [3.05, 3.63) is 87.9 Å². The van der Waals surface area contributed by atoms with E-state index in [1.54, 1.807) is 37.3 Å². The highest BCUT2D eigenvalue weighted by Crippen LogP contribution is 2.32. The molecule has 0 radical (unpaired) electrons. The number of halogens is 2. The number of sulfonamides is 1. The number of hydrogen-bond donors (Lipinski definition) is 5. The predicted octanol–water partition coefficient (Wildman–Crippen LogP) is 3.72. The van der Waals surface area contributed by atoms with E-state index in [-0.39, 0.29) is 53.4 Å². The first-order valence-electron chi connectivity index (χ1n) is 9.86. The maximum Gasteiger partial charge on any atom is 0.262 e. The lowest BCUT2D eigenvalue weighted by Gasteiger charge is -2.15. The molecule has 0 aliphatic heterocycles. The fourth-order valence-electron chi connectivity index (χ4n) is 3.09. The molecule has 0 saturated heterocycles. The van der Waals surface area contributed by atoms with Gasteiger partial charge in [0.15, 0.2) is 0 Å². The molecule has 6 N–H and O–H groups in total. The molecule has 3 aromatic rings. The quantitative estimate of drug-likeness (QED) is 0.174. The molecule has 0 atom stereocenters. The Kier molecular flexibility index (Phi) is 8.92. The molecule has 34 heavy (non-hydrogen) atoms. The summed E-state index contributed by atoms with van der Waals surface area (Å²) in [4.78, 5) is 12.5. The van der Waals surface area contributed by atoms with Crippen molar-refractivity contribution in [1.82, 2.24) is 5.32 Å². The number of benzene rings is 3. The maximum atomic E-state index is 12.6. The Bertz CT molecular complexity index is 1300. The number of nitrogens with two attached hydrogens (primary N) is 1. The molecule has 0 spiro atoms. The van der Waals surface area contributed by atoms with Crippen LogP contribution in [-0.4, -0.2) is 25.3 Å². The van der Waals surface area contributed by atoms with Crippen LogP contribution < -0.4 is 15.8 Å².